The highest BCUT2D eigenvalue weighted by Crippen LogP contribution is 2.20. The summed E-state index contributed by atoms with van der Waals surface area (Å²) in [5.74, 6) is -1.69. The Kier molecular flexibility index (Phi) is 4.22. The maximum atomic E-state index is 12.2. The Morgan fingerprint density at radius 2 is 2.14 bits per heavy atom. The van der Waals surface area contributed by atoms with E-state index < -0.39 is 35.6 Å². The second kappa shape index (κ2) is 5.92. The second-order valence-electron chi connectivity index (χ2n) is 4.73. The van der Waals surface area contributed by atoms with Crippen LogP contribution in [0.2, 0.25) is 0 Å². The number of hydrogen-bond donors (Lipinski definition) is 2. The number of nitrogens with zero attached hydrogens (tertiary/aromatic N) is 2. The Bertz CT molecular complexity index is 663. The van der Waals surface area contributed by atoms with Crippen LogP contribution in [0.15, 0.2) is 21.7 Å². The molecule has 21 heavy (non-hydrogen) atoms. The van der Waals surface area contributed by atoms with E-state index in [0.717, 1.165) is 21.7 Å². The van der Waals surface area contributed by atoms with Gasteiger partial charge in [0, 0.05) is 32.2 Å². The number of hydrogen-bond acceptors (Lipinski definition) is 5. The molecule has 2 unspecified atom stereocenters. The van der Waals surface area contributed by atoms with Crippen molar-refractivity contribution in [1.29, 1.82) is 0 Å². The Morgan fingerprint density at radius 1 is 1.43 bits per heavy atom. The zero-order valence-electron chi connectivity index (χ0n) is 11.3. The molecule has 1 saturated heterocycles. The van der Waals surface area contributed by atoms with Gasteiger partial charge in [0.05, 0.1) is 6.10 Å². The fourth-order valence-corrected chi connectivity index (χ4v) is 2.28. The van der Waals surface area contributed by atoms with Crippen molar-refractivity contribution in [2.75, 3.05) is 13.7 Å². The summed E-state index contributed by atoms with van der Waals surface area (Å²) in [6.07, 6.45) is -0.167. The number of amides is 1. The van der Waals surface area contributed by atoms with Gasteiger partial charge >= 0.3 is 5.97 Å². The zero-order valence-corrected chi connectivity index (χ0v) is 11.3. The van der Waals surface area contributed by atoms with Crippen molar-refractivity contribution in [2.24, 2.45) is 0 Å². The zero-order chi connectivity index (χ0) is 15.6. The normalized spacial score (nSPS) is 21.5. The summed E-state index contributed by atoms with van der Waals surface area (Å²) in [6, 6.07) is 1.11. The number of rotatable bonds is 4. The number of H-pyrrole nitrogens is 1. The van der Waals surface area contributed by atoms with E-state index in [1.54, 1.807) is 0 Å². The molecule has 1 aliphatic rings. The lowest BCUT2D eigenvalue weighted by molar-refractivity contribution is -0.148. The van der Waals surface area contributed by atoms with Gasteiger partial charge in [-0.3, -0.25) is 19.5 Å². The van der Waals surface area contributed by atoms with Crippen LogP contribution in [0, 0.1) is 0 Å². The molecular formula is C12H15N3O6. The summed E-state index contributed by atoms with van der Waals surface area (Å²) in [6.45, 7) is -0.284. The molecule has 0 aromatic carbocycles. The van der Waals surface area contributed by atoms with Gasteiger partial charge in [-0.05, 0) is 0 Å². The highest BCUT2D eigenvalue weighted by molar-refractivity contribution is 5.84. The highest BCUT2D eigenvalue weighted by atomic mass is 16.5. The van der Waals surface area contributed by atoms with Gasteiger partial charge in [-0.2, -0.15) is 0 Å². The molecule has 1 aromatic heterocycles. The molecule has 1 fully saturated rings. The van der Waals surface area contributed by atoms with E-state index in [4.69, 9.17) is 9.84 Å². The van der Waals surface area contributed by atoms with Crippen molar-refractivity contribution in [3.05, 3.63) is 32.8 Å². The minimum absolute atomic E-state index is 0.137. The Balaban J connectivity index is 2.19. The fourth-order valence-electron chi connectivity index (χ4n) is 2.28. The quantitative estimate of drug-likeness (QED) is 0.679. The smallest absolute Gasteiger partial charge is 0.326 e. The summed E-state index contributed by atoms with van der Waals surface area (Å²) >= 11 is 0. The molecule has 0 bridgehead atoms. The van der Waals surface area contributed by atoms with Crippen LogP contribution in [-0.2, 0) is 20.9 Å². The minimum atomic E-state index is -1.13. The average molecular weight is 297 g/mol. The Hall–Kier alpha value is -2.42. The topological polar surface area (TPSA) is 122 Å². The van der Waals surface area contributed by atoms with Gasteiger partial charge in [-0.25, -0.2) is 9.48 Å². The summed E-state index contributed by atoms with van der Waals surface area (Å²) in [5.41, 5.74) is -1.06. The number of carboxylic acid groups (broad SMARTS) is 1. The van der Waals surface area contributed by atoms with Crippen LogP contribution in [0.5, 0.6) is 0 Å². The summed E-state index contributed by atoms with van der Waals surface area (Å²) in [4.78, 5) is 47.2. The number of aromatic amines is 1. The van der Waals surface area contributed by atoms with Crippen LogP contribution in [0.3, 0.4) is 0 Å². The van der Waals surface area contributed by atoms with Gasteiger partial charge in [0.15, 0.2) is 0 Å². The molecule has 0 spiro atoms. The van der Waals surface area contributed by atoms with Gasteiger partial charge < -0.3 is 14.7 Å². The largest absolute Gasteiger partial charge is 0.480 e. The van der Waals surface area contributed by atoms with E-state index in [9.17, 15) is 19.2 Å². The SMILES string of the molecule is COC1CC(C(=O)O)N(C(=O)Cn2[nH]c(=O)ccc2=O)C1. The molecule has 2 rings (SSSR count). The number of ether oxygens (including phenoxy) is 1. The van der Waals surface area contributed by atoms with E-state index in [1.165, 1.54) is 7.11 Å². The van der Waals surface area contributed by atoms with Gasteiger partial charge in [0.25, 0.3) is 11.1 Å². The number of likely N-dealkylation sites (tertiary alicyclic amines) is 1. The molecule has 1 aliphatic heterocycles. The molecule has 114 valence electrons. The van der Waals surface area contributed by atoms with E-state index in [2.05, 4.69) is 5.10 Å². The maximum absolute atomic E-state index is 12.2. The Labute approximate surface area is 118 Å². The lowest BCUT2D eigenvalue weighted by atomic mass is 10.2. The molecule has 2 atom stereocenters. The molecule has 0 saturated carbocycles. The predicted molar refractivity (Wildman–Crippen MR) is 69.9 cm³/mol. The van der Waals surface area contributed by atoms with Crippen LogP contribution in [0.4, 0.5) is 0 Å². The third-order valence-corrected chi connectivity index (χ3v) is 3.38. The van der Waals surface area contributed by atoms with Crippen LogP contribution in [-0.4, -0.2) is 57.5 Å². The highest BCUT2D eigenvalue weighted by Gasteiger charge is 2.39. The van der Waals surface area contributed by atoms with Crippen LogP contribution in [0.25, 0.3) is 0 Å². The lowest BCUT2D eigenvalue weighted by Gasteiger charge is -2.21. The lowest BCUT2D eigenvalue weighted by Crippen LogP contribution is -2.44. The van der Waals surface area contributed by atoms with Crippen LogP contribution in [0.1, 0.15) is 6.42 Å². The molecule has 2 N–H and O–H groups in total. The molecular weight excluding hydrogens is 282 g/mol. The molecule has 1 aromatic rings. The van der Waals surface area contributed by atoms with Crippen LogP contribution >= 0.6 is 0 Å². The van der Waals surface area contributed by atoms with Crippen molar-refractivity contribution in [3.8, 4) is 0 Å². The third-order valence-electron chi connectivity index (χ3n) is 3.38. The average Bonchev–Trinajstić information content (AvgIpc) is 2.87. The number of methoxy groups -OCH3 is 1. The summed E-state index contributed by atoms with van der Waals surface area (Å²) in [7, 11) is 1.44. The molecule has 0 aliphatic carbocycles. The van der Waals surface area contributed by atoms with Gasteiger partial charge in [-0.15, -0.1) is 0 Å². The van der Waals surface area contributed by atoms with Crippen molar-refractivity contribution in [3.63, 3.8) is 0 Å². The number of aliphatic carboxylic acids is 1. The summed E-state index contributed by atoms with van der Waals surface area (Å²) in [5, 5.41) is 11.4. The van der Waals surface area contributed by atoms with Crippen molar-refractivity contribution in [1.82, 2.24) is 14.7 Å². The fraction of sp³-hybridized carbons (Fsp3) is 0.500. The number of carbonyl (C=O) groups excluding carboxylic acids is 1. The van der Waals surface area contributed by atoms with Crippen LogP contribution < -0.4 is 11.1 Å². The van der Waals surface area contributed by atoms with Gasteiger partial charge in [0.1, 0.15) is 12.6 Å². The maximum Gasteiger partial charge on any atom is 0.326 e. The minimum Gasteiger partial charge on any atom is -0.480 e. The standard InChI is InChI=1S/C12H15N3O6/c1-21-7-4-8(12(19)20)14(5-7)11(18)6-15-10(17)3-2-9(16)13-15/h2-3,7-8H,4-6H2,1H3,(H,13,16)(H,19,20). The first kappa shape index (κ1) is 15.0. The summed E-state index contributed by atoms with van der Waals surface area (Å²) < 4.78 is 5.93. The van der Waals surface area contributed by atoms with E-state index in [0.29, 0.717) is 0 Å². The number of carbonyl (C=O) groups is 2. The van der Waals surface area contributed by atoms with Crippen molar-refractivity contribution in [2.45, 2.75) is 25.1 Å². The van der Waals surface area contributed by atoms with E-state index in [1.807, 2.05) is 0 Å². The molecule has 2 heterocycles. The predicted octanol–water partition coefficient (Wildman–Crippen LogP) is -1.76. The molecule has 0 radical (unpaired) electrons. The second-order valence-corrected chi connectivity index (χ2v) is 4.73. The first-order valence-corrected chi connectivity index (χ1v) is 6.27. The number of carboxylic acids is 1. The van der Waals surface area contributed by atoms with E-state index >= 15 is 0 Å². The number of nitrogens with one attached hydrogen (secondary N) is 1. The first-order valence-electron chi connectivity index (χ1n) is 6.27. The monoisotopic (exact) mass is 297 g/mol. The Morgan fingerprint density at radius 3 is 2.76 bits per heavy atom. The molecule has 9 nitrogen and oxygen atoms in total. The van der Waals surface area contributed by atoms with Gasteiger partial charge in [-0.1, -0.05) is 0 Å². The van der Waals surface area contributed by atoms with E-state index in [-0.39, 0.29) is 19.1 Å². The van der Waals surface area contributed by atoms with Gasteiger partial charge in [0.2, 0.25) is 5.91 Å². The third kappa shape index (κ3) is 3.19. The first-order chi connectivity index (χ1) is 9.92. The van der Waals surface area contributed by atoms with Crippen molar-refractivity contribution < 1.29 is 19.4 Å². The van der Waals surface area contributed by atoms with Crippen molar-refractivity contribution >= 4 is 11.9 Å². The molecule has 9 heteroatoms. The number of aromatic nitrogens is 2. The molecule has 1 amide bonds.